The van der Waals surface area contributed by atoms with Crippen molar-refractivity contribution in [2.75, 3.05) is 0 Å². The van der Waals surface area contributed by atoms with E-state index in [1.165, 1.54) is 0 Å². The van der Waals surface area contributed by atoms with Crippen molar-refractivity contribution in [2.24, 2.45) is 11.8 Å². The van der Waals surface area contributed by atoms with Crippen LogP contribution in [0.25, 0.3) is 0 Å². The lowest BCUT2D eigenvalue weighted by molar-refractivity contribution is -0.146. The lowest BCUT2D eigenvalue weighted by Gasteiger charge is -2.40. The number of amides is 3. The van der Waals surface area contributed by atoms with E-state index in [0.29, 0.717) is 12.3 Å². The molecule has 1 aromatic rings. The minimum Gasteiger partial charge on any atom is -0.444 e. The molecule has 4 atom stereocenters. The van der Waals surface area contributed by atoms with E-state index < -0.39 is 23.8 Å². The second-order valence-corrected chi connectivity index (χ2v) is 12.5. The molecule has 0 spiro atoms. The Morgan fingerprint density at radius 2 is 1.55 bits per heavy atom. The molecule has 38 heavy (non-hydrogen) atoms. The first-order valence-electron chi connectivity index (χ1n) is 14.2. The van der Waals surface area contributed by atoms with Crippen molar-refractivity contribution >= 4 is 17.9 Å². The highest BCUT2D eigenvalue weighted by Crippen LogP contribution is 2.31. The van der Waals surface area contributed by atoms with Gasteiger partial charge in [0.25, 0.3) is 0 Å². The van der Waals surface area contributed by atoms with Gasteiger partial charge in [-0.15, -0.1) is 0 Å². The minimum atomic E-state index is -0.837. The minimum absolute atomic E-state index is 0.0936. The first-order valence-corrected chi connectivity index (χ1v) is 14.2. The maximum absolute atomic E-state index is 14.5. The van der Waals surface area contributed by atoms with Crippen molar-refractivity contribution in [3.05, 3.63) is 34.9 Å². The molecular weight excluding hydrogens is 478 g/mol. The SMILES string of the molecule is CCC(C)C(NC(=O)OC(C)(C)C)C(=O)N(C(C)CCC(C)C)C(C(=O)NC(C)C)c1ccc(C)cc1C. The van der Waals surface area contributed by atoms with E-state index in [-0.39, 0.29) is 29.8 Å². The molecule has 4 unspecified atom stereocenters. The summed E-state index contributed by atoms with van der Waals surface area (Å²) in [6.45, 7) is 23.4. The summed E-state index contributed by atoms with van der Waals surface area (Å²) in [5.74, 6) is -0.214. The fourth-order valence-corrected chi connectivity index (χ4v) is 4.50. The zero-order chi connectivity index (χ0) is 29.4. The average Bonchev–Trinajstić information content (AvgIpc) is 2.77. The Balaban J connectivity index is 3.71. The molecule has 1 rings (SSSR count). The zero-order valence-corrected chi connectivity index (χ0v) is 25.9. The predicted octanol–water partition coefficient (Wildman–Crippen LogP) is 6.46. The molecule has 1 aromatic carbocycles. The van der Waals surface area contributed by atoms with E-state index in [0.717, 1.165) is 29.5 Å². The van der Waals surface area contributed by atoms with Crippen LogP contribution in [0.2, 0.25) is 0 Å². The van der Waals surface area contributed by atoms with Crippen LogP contribution in [-0.2, 0) is 14.3 Å². The van der Waals surface area contributed by atoms with Gasteiger partial charge in [0.2, 0.25) is 11.8 Å². The Morgan fingerprint density at radius 3 is 2.03 bits per heavy atom. The van der Waals surface area contributed by atoms with Gasteiger partial charge < -0.3 is 20.3 Å². The summed E-state index contributed by atoms with van der Waals surface area (Å²) in [6, 6.07) is 3.97. The fourth-order valence-electron chi connectivity index (χ4n) is 4.50. The van der Waals surface area contributed by atoms with Crippen LogP contribution in [0.4, 0.5) is 4.79 Å². The summed E-state index contributed by atoms with van der Waals surface area (Å²) in [7, 11) is 0. The molecule has 0 aliphatic heterocycles. The van der Waals surface area contributed by atoms with Gasteiger partial charge in [-0.2, -0.15) is 0 Å². The van der Waals surface area contributed by atoms with Crippen molar-refractivity contribution < 1.29 is 19.1 Å². The number of aryl methyl sites for hydroxylation is 2. The van der Waals surface area contributed by atoms with E-state index in [9.17, 15) is 14.4 Å². The predicted molar refractivity (Wildman–Crippen MR) is 155 cm³/mol. The van der Waals surface area contributed by atoms with Crippen LogP contribution in [0, 0.1) is 25.7 Å². The van der Waals surface area contributed by atoms with E-state index >= 15 is 0 Å². The van der Waals surface area contributed by atoms with Crippen LogP contribution in [-0.4, -0.2) is 46.5 Å². The molecule has 7 heteroatoms. The number of alkyl carbamates (subject to hydrolysis) is 1. The summed E-state index contributed by atoms with van der Waals surface area (Å²) >= 11 is 0. The highest BCUT2D eigenvalue weighted by molar-refractivity contribution is 5.92. The van der Waals surface area contributed by atoms with Crippen molar-refractivity contribution in [3.63, 3.8) is 0 Å². The second kappa shape index (κ2) is 14.5. The third-order valence-electron chi connectivity index (χ3n) is 6.72. The third kappa shape index (κ3) is 10.3. The fraction of sp³-hybridized carbons (Fsp3) is 0.710. The number of benzene rings is 1. The maximum Gasteiger partial charge on any atom is 0.408 e. The molecule has 2 N–H and O–H groups in total. The van der Waals surface area contributed by atoms with Gasteiger partial charge in [0.15, 0.2) is 0 Å². The van der Waals surface area contributed by atoms with Crippen LogP contribution in [0.3, 0.4) is 0 Å². The number of nitrogens with one attached hydrogen (secondary N) is 2. The van der Waals surface area contributed by atoms with Crippen molar-refractivity contribution in [1.29, 1.82) is 0 Å². The van der Waals surface area contributed by atoms with Gasteiger partial charge in [0, 0.05) is 12.1 Å². The number of carbonyl (C=O) groups excluding carboxylic acids is 3. The average molecular weight is 532 g/mol. The lowest BCUT2D eigenvalue weighted by Crippen LogP contribution is -2.57. The topological polar surface area (TPSA) is 87.7 Å². The van der Waals surface area contributed by atoms with E-state index in [4.69, 9.17) is 4.74 Å². The standard InChI is InChI=1S/C31H53N3O4/c1-13-22(7)26(33-30(37)38-31(10,11)12)29(36)34(24(9)16-14-19(2)3)27(28(35)32-20(4)5)25-17-15-21(6)18-23(25)8/h15,17-20,22,24,26-27H,13-14,16H2,1-12H3,(H,32,35)(H,33,37). The van der Waals surface area contributed by atoms with Crippen LogP contribution >= 0.6 is 0 Å². The van der Waals surface area contributed by atoms with E-state index in [2.05, 4.69) is 24.5 Å². The maximum atomic E-state index is 14.5. The Labute approximate surface area is 231 Å². The van der Waals surface area contributed by atoms with Crippen LogP contribution in [0.5, 0.6) is 0 Å². The summed E-state index contributed by atoms with van der Waals surface area (Å²) < 4.78 is 5.51. The van der Waals surface area contributed by atoms with E-state index in [1.54, 1.807) is 25.7 Å². The van der Waals surface area contributed by atoms with Gasteiger partial charge in [-0.1, -0.05) is 57.9 Å². The molecule has 0 aromatic heterocycles. The number of ether oxygens (including phenoxy) is 1. The quantitative estimate of drug-likeness (QED) is 0.324. The zero-order valence-electron chi connectivity index (χ0n) is 25.9. The van der Waals surface area contributed by atoms with Crippen LogP contribution < -0.4 is 10.6 Å². The first-order chi connectivity index (χ1) is 17.5. The summed E-state index contributed by atoms with van der Waals surface area (Å²) in [5, 5.41) is 5.90. The lowest BCUT2D eigenvalue weighted by atomic mass is 9.91. The molecule has 0 saturated heterocycles. The molecule has 3 amide bonds. The molecule has 0 aliphatic carbocycles. The molecule has 0 heterocycles. The van der Waals surface area contributed by atoms with Crippen molar-refractivity contribution in [1.82, 2.24) is 15.5 Å². The smallest absolute Gasteiger partial charge is 0.408 e. The Bertz CT molecular complexity index is 936. The van der Waals surface area contributed by atoms with Gasteiger partial charge in [-0.25, -0.2) is 4.79 Å². The number of carbonyl (C=O) groups is 3. The first kappa shape index (κ1) is 33.5. The molecule has 216 valence electrons. The number of hydrogen-bond donors (Lipinski definition) is 2. The molecule has 0 aliphatic rings. The van der Waals surface area contributed by atoms with Crippen LogP contribution in [0.15, 0.2) is 18.2 Å². The molecule has 0 saturated carbocycles. The normalized spacial score (nSPS) is 15.0. The van der Waals surface area contributed by atoms with Gasteiger partial charge in [-0.05, 0) is 91.2 Å². The van der Waals surface area contributed by atoms with Crippen LogP contribution in [0.1, 0.15) is 111 Å². The molecule has 0 bridgehead atoms. The number of nitrogens with zero attached hydrogens (tertiary/aromatic N) is 1. The molecule has 0 fully saturated rings. The van der Waals surface area contributed by atoms with Crippen molar-refractivity contribution in [3.8, 4) is 0 Å². The Hall–Kier alpha value is -2.57. The Morgan fingerprint density at radius 1 is 0.947 bits per heavy atom. The van der Waals surface area contributed by atoms with Gasteiger partial charge >= 0.3 is 6.09 Å². The van der Waals surface area contributed by atoms with Crippen molar-refractivity contribution in [2.45, 2.75) is 132 Å². The number of hydrogen-bond acceptors (Lipinski definition) is 4. The third-order valence-corrected chi connectivity index (χ3v) is 6.72. The largest absolute Gasteiger partial charge is 0.444 e. The summed E-state index contributed by atoms with van der Waals surface area (Å²) in [5.41, 5.74) is 2.13. The summed E-state index contributed by atoms with van der Waals surface area (Å²) in [4.78, 5) is 42.9. The van der Waals surface area contributed by atoms with Gasteiger partial charge in [0.1, 0.15) is 17.7 Å². The highest BCUT2D eigenvalue weighted by atomic mass is 16.6. The summed E-state index contributed by atoms with van der Waals surface area (Å²) in [6.07, 6.45) is 1.68. The van der Waals surface area contributed by atoms with E-state index in [1.807, 2.05) is 66.7 Å². The Kier molecular flexibility index (Phi) is 12.8. The number of rotatable bonds is 12. The highest BCUT2D eigenvalue weighted by Gasteiger charge is 2.41. The molecular formula is C31H53N3O4. The molecule has 0 radical (unpaired) electrons. The van der Waals surface area contributed by atoms with Gasteiger partial charge in [-0.3, -0.25) is 9.59 Å². The molecule has 7 nitrogen and oxygen atoms in total. The monoisotopic (exact) mass is 531 g/mol. The van der Waals surface area contributed by atoms with Gasteiger partial charge in [0.05, 0.1) is 0 Å². The second-order valence-electron chi connectivity index (χ2n) is 12.5.